The number of non-ortho nitro benzene ring substituents is 1. The Morgan fingerprint density at radius 1 is 1.46 bits per heavy atom. The maximum atomic E-state index is 11.1. The fraction of sp³-hybridized carbons (Fsp3) is 0.400. The van der Waals surface area contributed by atoms with E-state index in [1.165, 1.54) is 12.1 Å². The van der Waals surface area contributed by atoms with Crippen LogP contribution in [0.15, 0.2) is 28.7 Å². The summed E-state index contributed by atoms with van der Waals surface area (Å²) >= 11 is 0. The zero-order chi connectivity index (χ0) is 17.1. The lowest BCUT2D eigenvalue weighted by Crippen LogP contribution is -2.38. The van der Waals surface area contributed by atoms with Gasteiger partial charge in [0.15, 0.2) is 0 Å². The van der Waals surface area contributed by atoms with Crippen LogP contribution in [0.25, 0.3) is 11.5 Å². The number of carboxylic acid groups (broad SMARTS) is 1. The molecule has 1 aliphatic heterocycles. The first-order valence-electron chi connectivity index (χ1n) is 7.55. The minimum Gasteiger partial charge on any atom is -0.481 e. The number of likely N-dealkylation sites (tertiary alicyclic amines) is 1. The van der Waals surface area contributed by atoms with Gasteiger partial charge in [0, 0.05) is 24.2 Å². The highest BCUT2D eigenvalue weighted by atomic mass is 16.6. The van der Waals surface area contributed by atoms with Crippen molar-refractivity contribution in [3.8, 4) is 11.5 Å². The summed E-state index contributed by atoms with van der Waals surface area (Å²) in [4.78, 5) is 23.4. The minimum absolute atomic E-state index is 0.0485. The molecule has 1 aromatic heterocycles. The summed E-state index contributed by atoms with van der Waals surface area (Å²) in [5, 5.41) is 27.8. The maximum absolute atomic E-state index is 11.1. The fourth-order valence-corrected chi connectivity index (χ4v) is 2.78. The van der Waals surface area contributed by atoms with Gasteiger partial charge in [0.2, 0.25) is 11.8 Å². The lowest BCUT2D eigenvalue weighted by molar-refractivity contribution is -0.384. The standard InChI is InChI=1S/C15H16N4O5/c20-15(21)11-4-2-6-18(8-11)9-13-16-17-14(24-13)10-3-1-5-12(7-10)19(22)23/h1,3,5,7,11H,2,4,6,8-9H2,(H,20,21). The number of hydrogen-bond donors (Lipinski definition) is 1. The van der Waals surface area contributed by atoms with Crippen molar-refractivity contribution < 1.29 is 19.2 Å². The molecule has 1 atom stereocenters. The van der Waals surface area contributed by atoms with Crippen LogP contribution in [-0.4, -0.2) is 44.2 Å². The van der Waals surface area contributed by atoms with Crippen LogP contribution in [0.2, 0.25) is 0 Å². The normalized spacial score (nSPS) is 18.4. The zero-order valence-electron chi connectivity index (χ0n) is 12.8. The summed E-state index contributed by atoms with van der Waals surface area (Å²) in [5.74, 6) is -0.594. The molecule has 1 aromatic carbocycles. The molecule has 2 heterocycles. The lowest BCUT2D eigenvalue weighted by atomic mass is 9.98. The van der Waals surface area contributed by atoms with Gasteiger partial charge in [0.25, 0.3) is 5.69 Å². The van der Waals surface area contributed by atoms with Crippen molar-refractivity contribution in [1.29, 1.82) is 0 Å². The number of nitrogens with zero attached hydrogens (tertiary/aromatic N) is 4. The first-order valence-corrected chi connectivity index (χ1v) is 7.55. The number of benzene rings is 1. The monoisotopic (exact) mass is 332 g/mol. The van der Waals surface area contributed by atoms with E-state index in [0.717, 1.165) is 13.0 Å². The van der Waals surface area contributed by atoms with Crippen LogP contribution in [0, 0.1) is 16.0 Å². The second-order valence-corrected chi connectivity index (χ2v) is 5.72. The lowest BCUT2D eigenvalue weighted by Gasteiger charge is -2.29. The average Bonchev–Trinajstić information content (AvgIpc) is 3.03. The van der Waals surface area contributed by atoms with E-state index < -0.39 is 10.9 Å². The van der Waals surface area contributed by atoms with Crippen LogP contribution in [0.5, 0.6) is 0 Å². The van der Waals surface area contributed by atoms with Gasteiger partial charge in [-0.15, -0.1) is 10.2 Å². The predicted molar refractivity (Wildman–Crippen MR) is 82.0 cm³/mol. The van der Waals surface area contributed by atoms with Crippen LogP contribution >= 0.6 is 0 Å². The van der Waals surface area contributed by atoms with E-state index in [4.69, 9.17) is 9.52 Å². The molecule has 0 spiro atoms. The Morgan fingerprint density at radius 3 is 3.04 bits per heavy atom. The molecule has 1 N–H and O–H groups in total. The number of carboxylic acids is 1. The number of aromatic nitrogens is 2. The number of nitro groups is 1. The molecule has 1 fully saturated rings. The van der Waals surface area contributed by atoms with Gasteiger partial charge in [-0.3, -0.25) is 19.8 Å². The first-order chi connectivity index (χ1) is 11.5. The molecule has 0 aliphatic carbocycles. The predicted octanol–water partition coefficient (Wildman–Crippen LogP) is 1.94. The molecule has 1 aliphatic rings. The van der Waals surface area contributed by atoms with Gasteiger partial charge in [0.05, 0.1) is 17.4 Å². The van der Waals surface area contributed by atoms with Crippen LogP contribution in [0.3, 0.4) is 0 Å². The summed E-state index contributed by atoms with van der Waals surface area (Å²) in [6.07, 6.45) is 1.48. The SMILES string of the molecule is O=C(O)C1CCCN(Cc2nnc(-c3cccc([N+](=O)[O-])c3)o2)C1. The number of nitro benzene ring substituents is 1. The van der Waals surface area contributed by atoms with Crippen molar-refractivity contribution in [2.45, 2.75) is 19.4 Å². The summed E-state index contributed by atoms with van der Waals surface area (Å²) < 4.78 is 5.57. The van der Waals surface area contributed by atoms with E-state index in [0.29, 0.717) is 31.0 Å². The highest BCUT2D eigenvalue weighted by molar-refractivity contribution is 5.70. The van der Waals surface area contributed by atoms with Gasteiger partial charge in [-0.05, 0) is 25.5 Å². The van der Waals surface area contributed by atoms with Crippen molar-refractivity contribution >= 4 is 11.7 Å². The third-order valence-corrected chi connectivity index (χ3v) is 3.98. The molecule has 0 saturated carbocycles. The smallest absolute Gasteiger partial charge is 0.307 e. The number of rotatable bonds is 5. The fourth-order valence-electron chi connectivity index (χ4n) is 2.78. The number of aliphatic carboxylic acids is 1. The van der Waals surface area contributed by atoms with E-state index in [-0.39, 0.29) is 17.5 Å². The van der Waals surface area contributed by atoms with Gasteiger partial charge >= 0.3 is 5.97 Å². The van der Waals surface area contributed by atoms with E-state index in [9.17, 15) is 14.9 Å². The van der Waals surface area contributed by atoms with Crippen molar-refractivity contribution in [1.82, 2.24) is 15.1 Å². The van der Waals surface area contributed by atoms with Crippen molar-refractivity contribution in [2.24, 2.45) is 5.92 Å². The number of hydrogen-bond acceptors (Lipinski definition) is 7. The topological polar surface area (TPSA) is 123 Å². The van der Waals surface area contributed by atoms with Gasteiger partial charge in [-0.1, -0.05) is 6.07 Å². The largest absolute Gasteiger partial charge is 0.481 e. The average molecular weight is 332 g/mol. The molecule has 3 rings (SSSR count). The van der Waals surface area contributed by atoms with Gasteiger partial charge in [-0.25, -0.2) is 0 Å². The highest BCUT2D eigenvalue weighted by Gasteiger charge is 2.26. The van der Waals surface area contributed by atoms with Crippen LogP contribution < -0.4 is 0 Å². The summed E-state index contributed by atoms with van der Waals surface area (Å²) in [7, 11) is 0. The van der Waals surface area contributed by atoms with Crippen molar-refractivity contribution in [3.63, 3.8) is 0 Å². The molecule has 24 heavy (non-hydrogen) atoms. The molecule has 1 saturated heterocycles. The van der Waals surface area contributed by atoms with Gasteiger partial charge in [-0.2, -0.15) is 0 Å². The van der Waals surface area contributed by atoms with E-state index in [1.807, 2.05) is 4.90 Å². The summed E-state index contributed by atoms with van der Waals surface area (Å²) in [6, 6.07) is 5.98. The van der Waals surface area contributed by atoms with Crippen LogP contribution in [0.4, 0.5) is 5.69 Å². The first kappa shape index (κ1) is 16.1. The summed E-state index contributed by atoms with van der Waals surface area (Å²) in [5.41, 5.74) is 0.428. The zero-order valence-corrected chi connectivity index (χ0v) is 12.8. The van der Waals surface area contributed by atoms with E-state index in [1.54, 1.807) is 12.1 Å². The third-order valence-electron chi connectivity index (χ3n) is 3.98. The Balaban J connectivity index is 1.70. The molecular weight excluding hydrogens is 316 g/mol. The quantitative estimate of drug-likeness (QED) is 0.651. The summed E-state index contributed by atoms with van der Waals surface area (Å²) in [6.45, 7) is 1.59. The number of carbonyl (C=O) groups is 1. The van der Waals surface area contributed by atoms with E-state index >= 15 is 0 Å². The van der Waals surface area contributed by atoms with E-state index in [2.05, 4.69) is 10.2 Å². The molecular formula is C15H16N4O5. The van der Waals surface area contributed by atoms with Crippen LogP contribution in [-0.2, 0) is 11.3 Å². The molecule has 0 bridgehead atoms. The van der Waals surface area contributed by atoms with Crippen LogP contribution in [0.1, 0.15) is 18.7 Å². The highest BCUT2D eigenvalue weighted by Crippen LogP contribution is 2.24. The second kappa shape index (κ2) is 6.75. The second-order valence-electron chi connectivity index (χ2n) is 5.72. The Labute approximate surface area is 137 Å². The third kappa shape index (κ3) is 3.57. The van der Waals surface area contributed by atoms with Crippen molar-refractivity contribution in [2.75, 3.05) is 13.1 Å². The Hall–Kier alpha value is -2.81. The molecule has 1 unspecified atom stereocenters. The molecule has 9 heteroatoms. The molecule has 9 nitrogen and oxygen atoms in total. The molecule has 2 aromatic rings. The minimum atomic E-state index is -0.789. The van der Waals surface area contributed by atoms with Crippen molar-refractivity contribution in [3.05, 3.63) is 40.3 Å². The maximum Gasteiger partial charge on any atom is 0.307 e. The Kier molecular flexibility index (Phi) is 4.52. The Morgan fingerprint density at radius 2 is 2.29 bits per heavy atom. The molecule has 0 amide bonds. The van der Waals surface area contributed by atoms with Gasteiger partial charge < -0.3 is 9.52 Å². The molecule has 126 valence electrons. The van der Waals surface area contributed by atoms with Gasteiger partial charge in [0.1, 0.15) is 0 Å². The Bertz CT molecular complexity index is 760. The molecule has 0 radical (unpaired) electrons. The number of piperidine rings is 1.